The lowest BCUT2D eigenvalue weighted by Crippen LogP contribution is -2.64. The van der Waals surface area contributed by atoms with Crippen molar-refractivity contribution < 1.29 is 14.3 Å². The topological polar surface area (TPSA) is 75.9 Å². The van der Waals surface area contributed by atoms with E-state index < -0.39 is 12.1 Å². The number of carbonyl (C=O) groups is 2. The summed E-state index contributed by atoms with van der Waals surface area (Å²) in [6, 6.07) is -0.606. The van der Waals surface area contributed by atoms with Crippen LogP contribution in [0.25, 0.3) is 0 Å². The zero-order valence-corrected chi connectivity index (χ0v) is 16.5. The minimum atomic E-state index is -0.503. The van der Waals surface area contributed by atoms with Gasteiger partial charge >= 0.3 is 5.97 Å². The maximum Gasteiger partial charge on any atom is 0.329 e. The smallest absolute Gasteiger partial charge is 0.329 e. The molecule has 2 heterocycles. The first kappa shape index (κ1) is 22.5. The Morgan fingerprint density at radius 3 is 2.36 bits per heavy atom. The van der Waals surface area contributed by atoms with Crippen molar-refractivity contribution in [1.82, 2.24) is 9.80 Å². The second-order valence-electron chi connectivity index (χ2n) is 7.24. The van der Waals surface area contributed by atoms with Gasteiger partial charge in [-0.2, -0.15) is 0 Å². The fourth-order valence-electron chi connectivity index (χ4n) is 4.49. The highest BCUT2D eigenvalue weighted by Crippen LogP contribution is 2.29. The van der Waals surface area contributed by atoms with Gasteiger partial charge in [-0.15, -0.1) is 24.8 Å². The summed E-state index contributed by atoms with van der Waals surface area (Å²) in [4.78, 5) is 29.2. The van der Waals surface area contributed by atoms with Gasteiger partial charge < -0.3 is 15.4 Å². The molecule has 2 N–H and O–H groups in total. The number of nitrogens with two attached hydrogens (primary N) is 1. The number of halogens is 2. The van der Waals surface area contributed by atoms with E-state index in [1.807, 2.05) is 0 Å². The summed E-state index contributed by atoms with van der Waals surface area (Å²) in [5.41, 5.74) is 6.31. The molecule has 0 aromatic carbocycles. The molecule has 0 aromatic rings. The van der Waals surface area contributed by atoms with Gasteiger partial charge in [0.1, 0.15) is 6.04 Å². The molecule has 0 radical (unpaired) electrons. The van der Waals surface area contributed by atoms with Crippen molar-refractivity contribution in [2.24, 2.45) is 11.7 Å². The molecular formula is C17H31Cl2N3O3. The van der Waals surface area contributed by atoms with Gasteiger partial charge in [-0.25, -0.2) is 4.79 Å². The summed E-state index contributed by atoms with van der Waals surface area (Å²) in [5, 5.41) is 0. The molecule has 0 unspecified atom stereocenters. The van der Waals surface area contributed by atoms with E-state index in [-0.39, 0.29) is 42.6 Å². The molecule has 3 fully saturated rings. The number of rotatable bonds is 3. The first-order valence-electron chi connectivity index (χ1n) is 8.99. The number of fused-ring (bicyclic) bond motifs is 1. The Balaban J connectivity index is 0.00000156. The highest BCUT2D eigenvalue weighted by atomic mass is 35.5. The van der Waals surface area contributed by atoms with Gasteiger partial charge in [-0.3, -0.25) is 9.69 Å². The van der Waals surface area contributed by atoms with Crippen LogP contribution in [0.2, 0.25) is 0 Å². The third-order valence-corrected chi connectivity index (χ3v) is 5.89. The molecule has 25 heavy (non-hydrogen) atoms. The Hall–Kier alpha value is -0.560. The first-order valence-corrected chi connectivity index (χ1v) is 8.99. The van der Waals surface area contributed by atoms with E-state index in [1.54, 1.807) is 4.90 Å². The van der Waals surface area contributed by atoms with E-state index in [0.717, 1.165) is 45.1 Å². The SMILES string of the molecule is COC(=O)[C@@H]1CN2CCC[C@@H]2CN1C(=O)[C@@H](N)C1CCCCC1.Cl.Cl. The minimum absolute atomic E-state index is 0. The van der Waals surface area contributed by atoms with Crippen LogP contribution in [0.15, 0.2) is 0 Å². The Morgan fingerprint density at radius 2 is 1.72 bits per heavy atom. The third kappa shape index (κ3) is 4.79. The monoisotopic (exact) mass is 395 g/mol. The summed E-state index contributed by atoms with van der Waals surface area (Å²) >= 11 is 0. The van der Waals surface area contributed by atoms with Gasteiger partial charge in [0.25, 0.3) is 0 Å². The molecule has 2 aliphatic heterocycles. The number of esters is 1. The van der Waals surface area contributed by atoms with Crippen molar-refractivity contribution >= 4 is 36.7 Å². The number of nitrogens with zero attached hydrogens (tertiary/aromatic N) is 2. The van der Waals surface area contributed by atoms with E-state index in [1.165, 1.54) is 13.5 Å². The average Bonchev–Trinajstić information content (AvgIpc) is 3.06. The molecule has 3 aliphatic rings. The van der Waals surface area contributed by atoms with Gasteiger partial charge in [0, 0.05) is 19.1 Å². The molecule has 2 saturated heterocycles. The number of methoxy groups -OCH3 is 1. The van der Waals surface area contributed by atoms with Crippen LogP contribution in [0.4, 0.5) is 0 Å². The molecule has 6 nitrogen and oxygen atoms in total. The maximum atomic E-state index is 13.0. The molecule has 8 heteroatoms. The Labute approximate surface area is 162 Å². The van der Waals surface area contributed by atoms with Gasteiger partial charge in [0.05, 0.1) is 13.2 Å². The van der Waals surface area contributed by atoms with Crippen molar-refractivity contribution in [1.29, 1.82) is 0 Å². The molecule has 0 spiro atoms. The van der Waals surface area contributed by atoms with Crippen LogP contribution >= 0.6 is 24.8 Å². The quantitative estimate of drug-likeness (QED) is 0.734. The number of amides is 1. The molecule has 1 aliphatic carbocycles. The van der Waals surface area contributed by atoms with Crippen LogP contribution < -0.4 is 5.73 Å². The van der Waals surface area contributed by atoms with Gasteiger partial charge in [0.15, 0.2) is 0 Å². The lowest BCUT2D eigenvalue weighted by Gasteiger charge is -2.43. The normalized spacial score (nSPS) is 28.3. The summed E-state index contributed by atoms with van der Waals surface area (Å²) in [6.07, 6.45) is 7.83. The first-order chi connectivity index (χ1) is 11.1. The van der Waals surface area contributed by atoms with Gasteiger partial charge in [-0.1, -0.05) is 19.3 Å². The maximum absolute atomic E-state index is 13.0. The van der Waals surface area contributed by atoms with E-state index in [2.05, 4.69) is 4.90 Å². The zero-order valence-electron chi connectivity index (χ0n) is 14.9. The highest BCUT2D eigenvalue weighted by molar-refractivity contribution is 5.88. The third-order valence-electron chi connectivity index (χ3n) is 5.89. The molecule has 3 rings (SSSR count). The van der Waals surface area contributed by atoms with E-state index in [4.69, 9.17) is 10.5 Å². The lowest BCUT2D eigenvalue weighted by molar-refractivity contribution is -0.158. The second kappa shape index (κ2) is 9.95. The van der Waals surface area contributed by atoms with Crippen LogP contribution in [0.1, 0.15) is 44.9 Å². The van der Waals surface area contributed by atoms with Crippen LogP contribution in [-0.2, 0) is 14.3 Å². The average molecular weight is 396 g/mol. The van der Waals surface area contributed by atoms with Crippen LogP contribution in [-0.4, -0.2) is 66.5 Å². The van der Waals surface area contributed by atoms with Crippen LogP contribution in [0.3, 0.4) is 0 Å². The molecule has 146 valence electrons. The number of carbonyl (C=O) groups excluding carboxylic acids is 2. The summed E-state index contributed by atoms with van der Waals surface area (Å²) in [6.45, 7) is 2.20. The standard InChI is InChI=1S/C17H29N3O3.2ClH/c1-23-17(22)14-11-19-9-5-8-13(19)10-20(14)16(21)15(18)12-6-3-2-4-7-12;;/h12-15H,2-11,18H2,1H3;2*1H/t13-,14+,15+;;/m1../s1. The molecule has 0 bridgehead atoms. The molecule has 1 saturated carbocycles. The summed E-state index contributed by atoms with van der Waals surface area (Å²) in [5.74, 6) is -0.116. The Morgan fingerprint density at radius 1 is 1.04 bits per heavy atom. The predicted octanol–water partition coefficient (Wildman–Crippen LogP) is 1.59. The van der Waals surface area contributed by atoms with Crippen molar-refractivity contribution in [3.8, 4) is 0 Å². The van der Waals surface area contributed by atoms with Crippen molar-refractivity contribution in [2.75, 3.05) is 26.7 Å². The zero-order chi connectivity index (χ0) is 16.4. The van der Waals surface area contributed by atoms with Gasteiger partial charge in [-0.05, 0) is 38.1 Å². The Bertz CT molecular complexity index is 460. The fraction of sp³-hybridized carbons (Fsp3) is 0.882. The summed E-state index contributed by atoms with van der Waals surface area (Å²) < 4.78 is 4.94. The predicted molar refractivity (Wildman–Crippen MR) is 101 cm³/mol. The molecule has 3 atom stereocenters. The second-order valence-corrected chi connectivity index (χ2v) is 7.24. The number of ether oxygens (including phenoxy) is 1. The largest absolute Gasteiger partial charge is 0.467 e. The lowest BCUT2D eigenvalue weighted by atomic mass is 9.83. The molecule has 1 amide bonds. The Kier molecular flexibility index (Phi) is 8.95. The van der Waals surface area contributed by atoms with Crippen LogP contribution in [0.5, 0.6) is 0 Å². The minimum Gasteiger partial charge on any atom is -0.467 e. The number of piperazine rings is 1. The highest BCUT2D eigenvalue weighted by Gasteiger charge is 2.44. The molecular weight excluding hydrogens is 365 g/mol. The van der Waals surface area contributed by atoms with Crippen molar-refractivity contribution in [3.05, 3.63) is 0 Å². The molecule has 0 aromatic heterocycles. The van der Waals surface area contributed by atoms with E-state index >= 15 is 0 Å². The number of hydrogen-bond donors (Lipinski definition) is 1. The van der Waals surface area contributed by atoms with E-state index in [0.29, 0.717) is 19.1 Å². The van der Waals surface area contributed by atoms with Gasteiger partial charge in [0.2, 0.25) is 5.91 Å². The number of hydrogen-bond acceptors (Lipinski definition) is 5. The van der Waals surface area contributed by atoms with Crippen molar-refractivity contribution in [2.45, 2.75) is 63.1 Å². The van der Waals surface area contributed by atoms with E-state index in [9.17, 15) is 9.59 Å². The fourth-order valence-corrected chi connectivity index (χ4v) is 4.49. The summed E-state index contributed by atoms with van der Waals surface area (Å²) in [7, 11) is 1.39. The van der Waals surface area contributed by atoms with Crippen molar-refractivity contribution in [3.63, 3.8) is 0 Å². The van der Waals surface area contributed by atoms with Crippen LogP contribution in [0, 0.1) is 5.92 Å².